The molecule has 0 spiro atoms. The van der Waals surface area contributed by atoms with E-state index in [1.54, 1.807) is 12.1 Å². The van der Waals surface area contributed by atoms with Crippen LogP contribution in [0.3, 0.4) is 0 Å². The lowest BCUT2D eigenvalue weighted by Crippen LogP contribution is -2.25. The second-order valence-electron chi connectivity index (χ2n) is 2.62. The molecule has 0 aliphatic carbocycles. The Morgan fingerprint density at radius 1 is 1.57 bits per heavy atom. The molecular formula is C8H5ClN2O2S. The van der Waals surface area contributed by atoms with Gasteiger partial charge in [-0.15, -0.1) is 0 Å². The van der Waals surface area contributed by atoms with Crippen molar-refractivity contribution in [2.45, 2.75) is 9.60 Å². The van der Waals surface area contributed by atoms with E-state index in [1.165, 1.54) is 11.8 Å². The number of alkyl halides is 1. The molecule has 1 aliphatic heterocycles. The van der Waals surface area contributed by atoms with Crippen molar-refractivity contribution in [2.75, 3.05) is 5.32 Å². The van der Waals surface area contributed by atoms with Crippen LogP contribution < -0.4 is 5.32 Å². The van der Waals surface area contributed by atoms with Gasteiger partial charge in [0.15, 0.2) is 11.0 Å². The van der Waals surface area contributed by atoms with Crippen LogP contribution in [0, 0.1) is 0 Å². The molecule has 1 amide bonds. The number of nitrogens with one attached hydrogen (secondary N) is 1. The second-order valence-corrected chi connectivity index (χ2v) is 4.47. The first kappa shape index (κ1) is 9.48. The highest BCUT2D eigenvalue weighted by Gasteiger charge is 2.25. The van der Waals surface area contributed by atoms with Gasteiger partial charge in [0.2, 0.25) is 0 Å². The van der Waals surface area contributed by atoms with Crippen molar-refractivity contribution in [1.82, 2.24) is 4.98 Å². The number of rotatable bonds is 1. The van der Waals surface area contributed by atoms with Crippen LogP contribution in [-0.4, -0.2) is 21.9 Å². The fourth-order valence-electron chi connectivity index (χ4n) is 1.05. The normalized spacial score (nSPS) is 19.8. The summed E-state index contributed by atoms with van der Waals surface area (Å²) in [6, 6.07) is 3.30. The largest absolute Gasteiger partial charge is 0.308 e. The van der Waals surface area contributed by atoms with Crippen LogP contribution in [0.1, 0.15) is 10.5 Å². The van der Waals surface area contributed by atoms with E-state index in [4.69, 9.17) is 11.6 Å². The summed E-state index contributed by atoms with van der Waals surface area (Å²) in [5.41, 5.74) is 0.290. The van der Waals surface area contributed by atoms with Crippen molar-refractivity contribution >= 4 is 41.4 Å². The molecule has 0 aromatic carbocycles. The zero-order valence-electron chi connectivity index (χ0n) is 6.86. The Kier molecular flexibility index (Phi) is 2.43. The SMILES string of the molecule is O=Cc1ccc2c(n1)NC(=O)C(Cl)S2. The lowest BCUT2D eigenvalue weighted by atomic mass is 10.3. The molecule has 6 heteroatoms. The Bertz CT molecular complexity index is 410. The number of aldehydes is 1. The van der Waals surface area contributed by atoms with Gasteiger partial charge in [0.1, 0.15) is 11.5 Å². The summed E-state index contributed by atoms with van der Waals surface area (Å²) in [6.07, 6.45) is 0.629. The predicted molar refractivity (Wildman–Crippen MR) is 53.8 cm³/mol. The van der Waals surface area contributed by atoms with Gasteiger partial charge in [-0.25, -0.2) is 4.98 Å². The number of aromatic nitrogens is 1. The molecule has 2 rings (SSSR count). The molecule has 1 aromatic heterocycles. The molecule has 1 aromatic rings. The predicted octanol–water partition coefficient (Wildman–Crippen LogP) is 1.50. The molecule has 0 saturated heterocycles. The van der Waals surface area contributed by atoms with Gasteiger partial charge in [0, 0.05) is 0 Å². The minimum Gasteiger partial charge on any atom is -0.308 e. The third-order valence-electron chi connectivity index (χ3n) is 1.68. The maximum Gasteiger partial charge on any atom is 0.254 e. The van der Waals surface area contributed by atoms with Crippen LogP contribution in [-0.2, 0) is 4.79 Å². The molecule has 0 fully saturated rings. The zero-order chi connectivity index (χ0) is 10.1. The zero-order valence-corrected chi connectivity index (χ0v) is 8.43. The molecule has 4 nitrogen and oxygen atoms in total. The molecule has 1 unspecified atom stereocenters. The third-order valence-corrected chi connectivity index (χ3v) is 3.15. The number of hydrogen-bond acceptors (Lipinski definition) is 4. The molecule has 1 N–H and O–H groups in total. The highest BCUT2D eigenvalue weighted by Crippen LogP contribution is 2.35. The Morgan fingerprint density at radius 3 is 3.07 bits per heavy atom. The number of nitrogens with zero attached hydrogens (tertiary/aromatic N) is 1. The van der Waals surface area contributed by atoms with E-state index in [9.17, 15) is 9.59 Å². The van der Waals surface area contributed by atoms with E-state index in [1.807, 2.05) is 0 Å². The van der Waals surface area contributed by atoms with Crippen molar-refractivity contribution < 1.29 is 9.59 Å². The molecule has 72 valence electrons. The van der Waals surface area contributed by atoms with Gasteiger partial charge in [0.25, 0.3) is 5.91 Å². The Hall–Kier alpha value is -1.07. The van der Waals surface area contributed by atoms with Crippen LogP contribution in [0.5, 0.6) is 0 Å². The number of hydrogen-bond donors (Lipinski definition) is 1. The maximum atomic E-state index is 11.2. The van der Waals surface area contributed by atoms with Gasteiger partial charge in [-0.3, -0.25) is 9.59 Å². The number of thioether (sulfide) groups is 1. The molecule has 0 radical (unpaired) electrons. The summed E-state index contributed by atoms with van der Waals surface area (Å²) in [5.74, 6) is 0.0983. The van der Waals surface area contributed by atoms with Gasteiger partial charge in [0.05, 0.1) is 4.90 Å². The van der Waals surface area contributed by atoms with E-state index in [2.05, 4.69) is 10.3 Å². The summed E-state index contributed by atoms with van der Waals surface area (Å²) in [6.45, 7) is 0. The van der Waals surface area contributed by atoms with Gasteiger partial charge in [-0.1, -0.05) is 23.4 Å². The number of fused-ring (bicyclic) bond motifs is 1. The van der Waals surface area contributed by atoms with E-state index in [0.717, 1.165) is 4.90 Å². The number of amides is 1. The smallest absolute Gasteiger partial charge is 0.254 e. The topological polar surface area (TPSA) is 59.1 Å². The number of anilines is 1. The number of pyridine rings is 1. The van der Waals surface area contributed by atoms with Gasteiger partial charge >= 0.3 is 0 Å². The third kappa shape index (κ3) is 1.60. The maximum absolute atomic E-state index is 11.2. The van der Waals surface area contributed by atoms with Crippen molar-refractivity contribution in [2.24, 2.45) is 0 Å². The Morgan fingerprint density at radius 2 is 2.36 bits per heavy atom. The quantitative estimate of drug-likeness (QED) is 0.585. The summed E-state index contributed by atoms with van der Waals surface area (Å²) in [4.78, 5) is 26.3. The minimum atomic E-state index is -0.633. The Balaban J connectivity index is 2.42. The van der Waals surface area contributed by atoms with Crippen molar-refractivity contribution in [3.8, 4) is 0 Å². The first-order chi connectivity index (χ1) is 6.70. The number of halogens is 1. The fraction of sp³-hybridized carbons (Fsp3) is 0.125. The highest BCUT2D eigenvalue weighted by atomic mass is 35.5. The van der Waals surface area contributed by atoms with Gasteiger partial charge in [-0.05, 0) is 12.1 Å². The minimum absolute atomic E-state index is 0.290. The van der Waals surface area contributed by atoms with Gasteiger partial charge < -0.3 is 5.32 Å². The average Bonchev–Trinajstić information content (AvgIpc) is 2.19. The van der Waals surface area contributed by atoms with E-state index in [-0.39, 0.29) is 11.6 Å². The average molecular weight is 229 g/mol. The van der Waals surface area contributed by atoms with Crippen LogP contribution in [0.25, 0.3) is 0 Å². The van der Waals surface area contributed by atoms with E-state index < -0.39 is 4.71 Å². The molecule has 14 heavy (non-hydrogen) atoms. The van der Waals surface area contributed by atoms with Crippen LogP contribution >= 0.6 is 23.4 Å². The van der Waals surface area contributed by atoms with Crippen LogP contribution in [0.4, 0.5) is 5.82 Å². The molecule has 0 bridgehead atoms. The standard InChI is InChI=1S/C8H5ClN2O2S/c9-6-8(13)11-7-5(14-6)2-1-4(3-12)10-7/h1-3,6H,(H,10,11,13). The summed E-state index contributed by atoms with van der Waals surface area (Å²) in [7, 11) is 0. The van der Waals surface area contributed by atoms with E-state index >= 15 is 0 Å². The summed E-state index contributed by atoms with van der Waals surface area (Å²) >= 11 is 6.94. The highest BCUT2D eigenvalue weighted by molar-refractivity contribution is 8.02. The number of carbonyl (C=O) groups is 2. The first-order valence-electron chi connectivity index (χ1n) is 3.78. The van der Waals surface area contributed by atoms with Crippen molar-refractivity contribution in [3.63, 3.8) is 0 Å². The lowest BCUT2D eigenvalue weighted by Gasteiger charge is -2.18. The Labute approximate surface area is 89.0 Å². The summed E-state index contributed by atoms with van der Waals surface area (Å²) < 4.78 is -0.633. The molecule has 1 aliphatic rings. The molecular weight excluding hydrogens is 224 g/mol. The monoisotopic (exact) mass is 228 g/mol. The van der Waals surface area contributed by atoms with E-state index in [0.29, 0.717) is 12.1 Å². The molecule has 1 atom stereocenters. The van der Waals surface area contributed by atoms with Crippen molar-refractivity contribution in [3.05, 3.63) is 17.8 Å². The molecule has 2 heterocycles. The second kappa shape index (κ2) is 3.59. The van der Waals surface area contributed by atoms with Crippen LogP contribution in [0.15, 0.2) is 17.0 Å². The summed E-state index contributed by atoms with van der Waals surface area (Å²) in [5, 5.41) is 2.52. The van der Waals surface area contributed by atoms with Crippen LogP contribution in [0.2, 0.25) is 0 Å². The van der Waals surface area contributed by atoms with Gasteiger partial charge in [-0.2, -0.15) is 0 Å². The lowest BCUT2D eigenvalue weighted by molar-refractivity contribution is -0.114. The van der Waals surface area contributed by atoms with Crippen molar-refractivity contribution in [1.29, 1.82) is 0 Å². The number of carbonyl (C=O) groups excluding carboxylic acids is 2. The molecule has 0 saturated carbocycles. The fourth-order valence-corrected chi connectivity index (χ4v) is 2.14. The first-order valence-corrected chi connectivity index (χ1v) is 5.10.